The number of ether oxygens (including phenoxy) is 1. The summed E-state index contributed by atoms with van der Waals surface area (Å²) in [7, 11) is 1.61. The summed E-state index contributed by atoms with van der Waals surface area (Å²) in [5.74, 6) is 0.677. The van der Waals surface area contributed by atoms with Crippen molar-refractivity contribution in [1.82, 2.24) is 10.2 Å². The second-order valence-electron chi connectivity index (χ2n) is 3.95. The van der Waals surface area contributed by atoms with Crippen LogP contribution in [-0.2, 0) is 6.42 Å². The molecule has 0 fully saturated rings. The molecule has 0 atom stereocenters. The Morgan fingerprint density at radius 2 is 2.17 bits per heavy atom. The molecule has 2 rings (SSSR count). The monoisotopic (exact) mass is 282 g/mol. The van der Waals surface area contributed by atoms with Gasteiger partial charge in [-0.05, 0) is 24.6 Å². The maximum atomic E-state index is 6.10. The van der Waals surface area contributed by atoms with Gasteiger partial charge in [0, 0.05) is 12.0 Å². The standard InChI is InChI=1S/C13H15ClN2OS/c1-3-4-5-12-15-16-13(18-12)9-6-7-11(17-2)10(14)8-9/h6-8H,3-5H2,1-2H3. The maximum absolute atomic E-state index is 6.10. The molecule has 1 aromatic heterocycles. The molecular weight excluding hydrogens is 268 g/mol. The summed E-state index contributed by atoms with van der Waals surface area (Å²) in [6.07, 6.45) is 3.32. The van der Waals surface area contributed by atoms with Crippen LogP contribution in [-0.4, -0.2) is 17.3 Å². The van der Waals surface area contributed by atoms with Gasteiger partial charge in [0.2, 0.25) is 0 Å². The highest BCUT2D eigenvalue weighted by atomic mass is 35.5. The third kappa shape index (κ3) is 3.00. The van der Waals surface area contributed by atoms with E-state index >= 15 is 0 Å². The number of unbranched alkanes of at least 4 members (excludes halogenated alkanes) is 1. The Labute approximate surface area is 116 Å². The summed E-state index contributed by atoms with van der Waals surface area (Å²) >= 11 is 7.73. The minimum absolute atomic E-state index is 0.598. The molecule has 0 aliphatic heterocycles. The molecule has 0 aliphatic carbocycles. The predicted molar refractivity (Wildman–Crippen MR) is 75.5 cm³/mol. The minimum Gasteiger partial charge on any atom is -0.495 e. The van der Waals surface area contributed by atoms with E-state index in [0.717, 1.165) is 28.4 Å². The second-order valence-corrected chi connectivity index (χ2v) is 5.42. The van der Waals surface area contributed by atoms with Gasteiger partial charge in [0.05, 0.1) is 12.1 Å². The molecule has 1 heterocycles. The van der Waals surface area contributed by atoms with Gasteiger partial charge in [-0.15, -0.1) is 10.2 Å². The molecule has 0 unspecified atom stereocenters. The first-order valence-corrected chi connectivity index (χ1v) is 7.10. The van der Waals surface area contributed by atoms with E-state index in [0.29, 0.717) is 10.8 Å². The molecule has 0 N–H and O–H groups in total. The van der Waals surface area contributed by atoms with E-state index in [2.05, 4.69) is 17.1 Å². The molecule has 0 bridgehead atoms. The molecule has 2 aromatic rings. The van der Waals surface area contributed by atoms with Crippen molar-refractivity contribution in [1.29, 1.82) is 0 Å². The molecule has 3 nitrogen and oxygen atoms in total. The average molecular weight is 283 g/mol. The number of benzene rings is 1. The Morgan fingerprint density at radius 1 is 1.33 bits per heavy atom. The van der Waals surface area contributed by atoms with Crippen LogP contribution in [0.5, 0.6) is 5.75 Å². The molecular formula is C13H15ClN2OS. The van der Waals surface area contributed by atoms with Crippen molar-refractivity contribution in [2.45, 2.75) is 26.2 Å². The summed E-state index contributed by atoms with van der Waals surface area (Å²) in [6.45, 7) is 2.17. The Balaban J connectivity index is 2.20. The summed E-state index contributed by atoms with van der Waals surface area (Å²) in [6, 6.07) is 5.67. The van der Waals surface area contributed by atoms with E-state index in [4.69, 9.17) is 16.3 Å². The number of hydrogen-bond donors (Lipinski definition) is 0. The summed E-state index contributed by atoms with van der Waals surface area (Å²) in [4.78, 5) is 0. The highest BCUT2D eigenvalue weighted by molar-refractivity contribution is 7.14. The van der Waals surface area contributed by atoms with Crippen LogP contribution in [0.25, 0.3) is 10.6 Å². The van der Waals surface area contributed by atoms with Crippen molar-refractivity contribution >= 4 is 22.9 Å². The van der Waals surface area contributed by atoms with E-state index in [9.17, 15) is 0 Å². The van der Waals surface area contributed by atoms with Crippen molar-refractivity contribution in [3.05, 3.63) is 28.2 Å². The fourth-order valence-corrected chi connectivity index (χ4v) is 2.73. The van der Waals surface area contributed by atoms with Crippen molar-refractivity contribution in [2.24, 2.45) is 0 Å². The van der Waals surface area contributed by atoms with E-state index < -0.39 is 0 Å². The van der Waals surface area contributed by atoms with Gasteiger partial charge in [-0.3, -0.25) is 0 Å². The van der Waals surface area contributed by atoms with E-state index in [-0.39, 0.29) is 0 Å². The minimum atomic E-state index is 0.598. The van der Waals surface area contributed by atoms with Gasteiger partial charge < -0.3 is 4.74 Å². The molecule has 18 heavy (non-hydrogen) atoms. The van der Waals surface area contributed by atoms with Crippen LogP contribution in [0.4, 0.5) is 0 Å². The molecule has 0 radical (unpaired) electrons. The van der Waals surface area contributed by atoms with Crippen molar-refractivity contribution < 1.29 is 4.74 Å². The Bertz CT molecular complexity index is 527. The average Bonchev–Trinajstić information content (AvgIpc) is 2.85. The molecule has 0 spiro atoms. The number of hydrogen-bond acceptors (Lipinski definition) is 4. The smallest absolute Gasteiger partial charge is 0.147 e. The predicted octanol–water partition coefficient (Wildman–Crippen LogP) is 4.21. The first-order chi connectivity index (χ1) is 8.74. The highest BCUT2D eigenvalue weighted by Crippen LogP contribution is 2.31. The van der Waals surface area contributed by atoms with Crippen LogP contribution in [0.15, 0.2) is 18.2 Å². The summed E-state index contributed by atoms with van der Waals surface area (Å²) in [5.41, 5.74) is 0.987. The number of methoxy groups -OCH3 is 1. The molecule has 96 valence electrons. The van der Waals surface area contributed by atoms with Gasteiger partial charge in [0.25, 0.3) is 0 Å². The normalized spacial score (nSPS) is 10.6. The van der Waals surface area contributed by atoms with Crippen LogP contribution < -0.4 is 4.74 Å². The van der Waals surface area contributed by atoms with Crippen LogP contribution in [0.1, 0.15) is 24.8 Å². The molecule has 0 saturated heterocycles. The highest BCUT2D eigenvalue weighted by Gasteiger charge is 2.09. The lowest BCUT2D eigenvalue weighted by Gasteiger charge is -2.03. The van der Waals surface area contributed by atoms with Crippen molar-refractivity contribution in [3.63, 3.8) is 0 Å². The third-order valence-corrected chi connectivity index (χ3v) is 3.94. The zero-order valence-electron chi connectivity index (χ0n) is 10.4. The number of nitrogens with zero attached hydrogens (tertiary/aromatic N) is 2. The van der Waals surface area contributed by atoms with Gasteiger partial charge >= 0.3 is 0 Å². The molecule has 0 amide bonds. The van der Waals surface area contributed by atoms with Gasteiger partial charge in [-0.1, -0.05) is 36.3 Å². The van der Waals surface area contributed by atoms with Crippen LogP contribution in [0, 0.1) is 0 Å². The number of halogens is 1. The first-order valence-electron chi connectivity index (χ1n) is 5.91. The molecule has 0 saturated carbocycles. The number of aryl methyl sites for hydroxylation is 1. The molecule has 1 aromatic carbocycles. The van der Waals surface area contributed by atoms with Gasteiger partial charge in [-0.2, -0.15) is 0 Å². The van der Waals surface area contributed by atoms with E-state index in [1.165, 1.54) is 6.42 Å². The maximum Gasteiger partial charge on any atom is 0.147 e. The quantitative estimate of drug-likeness (QED) is 0.824. The zero-order chi connectivity index (χ0) is 13.0. The Morgan fingerprint density at radius 3 is 2.83 bits per heavy atom. The second kappa shape index (κ2) is 6.16. The van der Waals surface area contributed by atoms with Crippen molar-refractivity contribution in [3.8, 4) is 16.3 Å². The van der Waals surface area contributed by atoms with E-state index in [1.807, 2.05) is 18.2 Å². The fraction of sp³-hybridized carbons (Fsp3) is 0.385. The number of rotatable bonds is 5. The summed E-state index contributed by atoms with van der Waals surface area (Å²) < 4.78 is 5.13. The zero-order valence-corrected chi connectivity index (χ0v) is 12.0. The fourth-order valence-electron chi connectivity index (χ4n) is 1.60. The van der Waals surface area contributed by atoms with Crippen LogP contribution in [0.3, 0.4) is 0 Å². The lowest BCUT2D eigenvalue weighted by Crippen LogP contribution is -1.84. The van der Waals surface area contributed by atoms with Crippen LogP contribution >= 0.6 is 22.9 Å². The van der Waals surface area contributed by atoms with E-state index in [1.54, 1.807) is 18.4 Å². The summed E-state index contributed by atoms with van der Waals surface area (Å²) in [5, 5.41) is 11.0. The first kappa shape index (κ1) is 13.3. The lowest BCUT2D eigenvalue weighted by atomic mass is 10.2. The molecule has 5 heteroatoms. The Hall–Kier alpha value is -1.13. The SMILES string of the molecule is CCCCc1nnc(-c2ccc(OC)c(Cl)c2)s1. The molecule has 0 aliphatic rings. The Kier molecular flexibility index (Phi) is 4.55. The third-order valence-electron chi connectivity index (χ3n) is 2.61. The van der Waals surface area contributed by atoms with Crippen LogP contribution in [0.2, 0.25) is 5.02 Å². The van der Waals surface area contributed by atoms with Gasteiger partial charge in [0.1, 0.15) is 15.8 Å². The number of aromatic nitrogens is 2. The topological polar surface area (TPSA) is 35.0 Å². The van der Waals surface area contributed by atoms with Gasteiger partial charge in [-0.25, -0.2) is 0 Å². The van der Waals surface area contributed by atoms with Gasteiger partial charge in [0.15, 0.2) is 0 Å². The van der Waals surface area contributed by atoms with Crippen molar-refractivity contribution in [2.75, 3.05) is 7.11 Å². The lowest BCUT2D eigenvalue weighted by molar-refractivity contribution is 0.415. The largest absolute Gasteiger partial charge is 0.495 e.